The van der Waals surface area contributed by atoms with Gasteiger partial charge in [0.15, 0.2) is 22.6 Å². The molecule has 0 aromatic heterocycles. The molecule has 7 heteroatoms. The summed E-state index contributed by atoms with van der Waals surface area (Å²) in [4.78, 5) is 2.78. The Hall–Kier alpha value is -2.74. The smallest absolute Gasteiger partial charge is 0.167 e. The fraction of sp³-hybridized carbons (Fsp3) is 0.333. The van der Waals surface area contributed by atoms with Crippen molar-refractivity contribution in [3.05, 3.63) is 89.2 Å². The maximum absolute atomic E-state index is 14.5. The van der Waals surface area contributed by atoms with Crippen LogP contribution in [0.25, 0.3) is 0 Å². The monoisotopic (exact) mass is 482 g/mol. The van der Waals surface area contributed by atoms with Gasteiger partial charge in [-0.15, -0.1) is 0 Å². The molecule has 5 nitrogen and oxygen atoms in total. The number of hydrogen-bond acceptors (Lipinski definition) is 4. The van der Waals surface area contributed by atoms with Gasteiger partial charge in [-0.05, 0) is 80.7 Å². The summed E-state index contributed by atoms with van der Waals surface area (Å²) >= 11 is 0. The lowest BCUT2D eigenvalue weighted by molar-refractivity contribution is 0.165. The minimum absolute atomic E-state index is 0.0234. The molecule has 3 atom stereocenters. The minimum atomic E-state index is -1.71. The van der Waals surface area contributed by atoms with Crippen LogP contribution in [0, 0.1) is 5.82 Å². The van der Waals surface area contributed by atoms with Crippen molar-refractivity contribution >= 4 is 16.7 Å². The molecule has 1 N–H and O–H groups in total. The fourth-order valence-electron chi connectivity index (χ4n) is 4.45. The summed E-state index contributed by atoms with van der Waals surface area (Å²) < 4.78 is 34.9. The highest BCUT2D eigenvalue weighted by atomic mass is 32.2. The topological polar surface area (TPSA) is 53.0 Å². The molecule has 1 aliphatic heterocycles. The number of fused-ring (bicyclic) bond motifs is 1. The van der Waals surface area contributed by atoms with Crippen molar-refractivity contribution in [2.24, 2.45) is 0 Å². The first-order chi connectivity index (χ1) is 16.4. The first kappa shape index (κ1) is 24.4. The number of anilines is 1. The van der Waals surface area contributed by atoms with E-state index < -0.39 is 23.0 Å². The standard InChI is InChI=1S/C27H31FN2O3S/c1-29(2)14-13-21-17-27(31)30(22-10-12-25(33-3)24(28)18-22)34(32)26-16-20(9-11-23(21)26)15-19-7-5-4-6-8-19/h4-12,16,18,21,27,31H,13-15,17H2,1-3H3. The molecule has 3 unspecified atom stereocenters. The molecule has 0 aliphatic carbocycles. The van der Waals surface area contributed by atoms with Crippen LogP contribution in [0.4, 0.5) is 10.1 Å². The van der Waals surface area contributed by atoms with Crippen LogP contribution in [0.3, 0.4) is 0 Å². The molecule has 0 radical (unpaired) electrons. The summed E-state index contributed by atoms with van der Waals surface area (Å²) in [6.45, 7) is 0.840. The zero-order valence-electron chi connectivity index (χ0n) is 19.8. The highest BCUT2D eigenvalue weighted by molar-refractivity contribution is 7.86. The molecule has 4 rings (SSSR count). The third-order valence-corrected chi connectivity index (χ3v) is 7.76. The second-order valence-electron chi connectivity index (χ2n) is 8.93. The summed E-state index contributed by atoms with van der Waals surface area (Å²) in [7, 11) is 3.72. The third kappa shape index (κ3) is 5.32. The number of aliphatic hydroxyl groups is 1. The van der Waals surface area contributed by atoms with Crippen LogP contribution in [0.1, 0.15) is 35.4 Å². The highest BCUT2D eigenvalue weighted by Gasteiger charge is 2.34. The van der Waals surface area contributed by atoms with E-state index in [2.05, 4.69) is 29.2 Å². The van der Waals surface area contributed by atoms with Gasteiger partial charge in [0.25, 0.3) is 0 Å². The van der Waals surface area contributed by atoms with Gasteiger partial charge >= 0.3 is 0 Å². The Balaban J connectivity index is 1.76. The number of benzene rings is 3. The molecule has 0 bridgehead atoms. The molecule has 0 spiro atoms. The number of ether oxygens (including phenoxy) is 1. The summed E-state index contributed by atoms with van der Waals surface area (Å²) in [5.41, 5.74) is 3.55. The lowest BCUT2D eigenvalue weighted by atomic mass is 9.90. The Morgan fingerprint density at radius 1 is 1.09 bits per heavy atom. The normalized spacial score (nSPS) is 20.2. The van der Waals surface area contributed by atoms with Gasteiger partial charge in [-0.2, -0.15) is 0 Å². The molecular formula is C27H31FN2O3S. The first-order valence-electron chi connectivity index (χ1n) is 11.4. The average molecular weight is 483 g/mol. The van der Waals surface area contributed by atoms with Gasteiger partial charge < -0.3 is 14.7 Å². The van der Waals surface area contributed by atoms with E-state index in [1.165, 1.54) is 29.1 Å². The molecule has 3 aromatic carbocycles. The maximum atomic E-state index is 14.5. The lowest BCUT2D eigenvalue weighted by Gasteiger charge is -2.27. The summed E-state index contributed by atoms with van der Waals surface area (Å²) in [5, 5.41) is 11.2. The summed E-state index contributed by atoms with van der Waals surface area (Å²) in [6.07, 6.45) is 0.911. The first-order valence-corrected chi connectivity index (χ1v) is 12.5. The largest absolute Gasteiger partial charge is 0.494 e. The van der Waals surface area contributed by atoms with Crippen LogP contribution in [0.15, 0.2) is 71.6 Å². The number of aliphatic hydroxyl groups excluding tert-OH is 1. The summed E-state index contributed by atoms with van der Waals surface area (Å²) in [5.74, 6) is -0.431. The van der Waals surface area contributed by atoms with Crippen molar-refractivity contribution in [1.82, 2.24) is 4.90 Å². The number of hydrogen-bond donors (Lipinski definition) is 1. The van der Waals surface area contributed by atoms with Gasteiger partial charge in [-0.3, -0.25) is 4.31 Å². The molecule has 0 amide bonds. The zero-order chi connectivity index (χ0) is 24.2. The quantitative estimate of drug-likeness (QED) is 0.530. The Morgan fingerprint density at radius 3 is 2.53 bits per heavy atom. The van der Waals surface area contributed by atoms with E-state index in [1.807, 2.05) is 38.4 Å². The Bertz CT molecular complexity index is 1160. The van der Waals surface area contributed by atoms with Crippen molar-refractivity contribution in [3.63, 3.8) is 0 Å². The highest BCUT2D eigenvalue weighted by Crippen LogP contribution is 2.39. The van der Waals surface area contributed by atoms with Crippen LogP contribution >= 0.6 is 0 Å². The second-order valence-corrected chi connectivity index (χ2v) is 10.3. The van der Waals surface area contributed by atoms with Gasteiger partial charge in [0.2, 0.25) is 0 Å². The van der Waals surface area contributed by atoms with Crippen molar-refractivity contribution in [3.8, 4) is 5.75 Å². The van der Waals surface area contributed by atoms with E-state index in [4.69, 9.17) is 4.74 Å². The SMILES string of the molecule is COc1ccc(N2C(O)CC(CCN(C)C)c3ccc(Cc4ccccc4)cc3S2=O)cc1F. The van der Waals surface area contributed by atoms with E-state index in [-0.39, 0.29) is 11.7 Å². The lowest BCUT2D eigenvalue weighted by Crippen LogP contribution is -2.36. The van der Waals surface area contributed by atoms with E-state index in [0.29, 0.717) is 23.4 Å². The van der Waals surface area contributed by atoms with Crippen molar-refractivity contribution < 1.29 is 18.4 Å². The van der Waals surface area contributed by atoms with Crippen LogP contribution in [-0.4, -0.2) is 48.2 Å². The van der Waals surface area contributed by atoms with Crippen molar-refractivity contribution in [2.75, 3.05) is 32.1 Å². The third-order valence-electron chi connectivity index (χ3n) is 6.22. The van der Waals surface area contributed by atoms with Gasteiger partial charge in [0, 0.05) is 6.07 Å². The Kier molecular flexibility index (Phi) is 7.66. The van der Waals surface area contributed by atoms with Crippen molar-refractivity contribution in [1.29, 1.82) is 0 Å². The number of halogens is 1. The second kappa shape index (κ2) is 10.7. The van der Waals surface area contributed by atoms with Crippen LogP contribution in [-0.2, 0) is 17.4 Å². The minimum Gasteiger partial charge on any atom is -0.494 e. The van der Waals surface area contributed by atoms with Gasteiger partial charge in [0.05, 0.1) is 17.7 Å². The number of methoxy groups -OCH3 is 1. The van der Waals surface area contributed by atoms with E-state index in [9.17, 15) is 13.7 Å². The molecule has 1 heterocycles. The zero-order valence-corrected chi connectivity index (χ0v) is 20.6. The Labute approximate surface area is 203 Å². The molecule has 0 saturated heterocycles. The number of rotatable bonds is 7. The van der Waals surface area contributed by atoms with Gasteiger partial charge in [-0.1, -0.05) is 42.5 Å². The molecule has 0 fully saturated rings. The van der Waals surface area contributed by atoms with E-state index >= 15 is 0 Å². The summed E-state index contributed by atoms with van der Waals surface area (Å²) in [6, 6.07) is 20.6. The maximum Gasteiger partial charge on any atom is 0.167 e. The van der Waals surface area contributed by atoms with Crippen LogP contribution in [0.5, 0.6) is 5.75 Å². The molecule has 0 saturated carbocycles. The van der Waals surface area contributed by atoms with Crippen LogP contribution < -0.4 is 9.04 Å². The molecule has 34 heavy (non-hydrogen) atoms. The van der Waals surface area contributed by atoms with E-state index in [1.54, 1.807) is 6.07 Å². The van der Waals surface area contributed by atoms with Crippen LogP contribution in [0.2, 0.25) is 0 Å². The Morgan fingerprint density at radius 2 is 1.85 bits per heavy atom. The molecular weight excluding hydrogens is 451 g/mol. The molecule has 1 aliphatic rings. The molecule has 180 valence electrons. The number of nitrogens with zero attached hydrogens (tertiary/aromatic N) is 2. The van der Waals surface area contributed by atoms with E-state index in [0.717, 1.165) is 24.1 Å². The molecule has 3 aromatic rings. The van der Waals surface area contributed by atoms with Gasteiger partial charge in [0.1, 0.15) is 6.23 Å². The predicted octanol–water partition coefficient (Wildman–Crippen LogP) is 4.71. The average Bonchev–Trinajstić information content (AvgIpc) is 2.92. The van der Waals surface area contributed by atoms with Crippen molar-refractivity contribution in [2.45, 2.75) is 36.3 Å². The predicted molar refractivity (Wildman–Crippen MR) is 134 cm³/mol. The van der Waals surface area contributed by atoms with Gasteiger partial charge in [-0.25, -0.2) is 8.60 Å². The fourth-order valence-corrected chi connectivity index (χ4v) is 5.96.